The Morgan fingerprint density at radius 1 is 0.964 bits per heavy atom. The Hall–Kier alpha value is -2.11. The lowest BCUT2D eigenvalue weighted by atomic mass is 9.91. The second-order valence-corrected chi connectivity index (χ2v) is 9.90. The maximum Gasteiger partial charge on any atom is 0.214 e. The molecule has 0 bridgehead atoms. The molecule has 4 nitrogen and oxygen atoms in total. The number of sulfonamides is 1. The molecule has 1 aliphatic heterocycles. The topological polar surface area (TPSA) is 53.2 Å². The lowest BCUT2D eigenvalue weighted by molar-refractivity contribution is 0.273. The first-order valence-electron chi connectivity index (χ1n) is 10.2. The fourth-order valence-corrected chi connectivity index (χ4v) is 5.77. The SMILES string of the molecule is O=S(=O)(CCCc1ccccc1)N1CCC(Cc2c[nH]c3ccccc23)CC1. The highest BCUT2D eigenvalue weighted by molar-refractivity contribution is 7.89. The molecule has 0 amide bonds. The third-order valence-corrected chi connectivity index (χ3v) is 7.82. The monoisotopic (exact) mass is 396 g/mol. The van der Waals surface area contributed by atoms with Crippen LogP contribution < -0.4 is 0 Å². The predicted octanol–water partition coefficient (Wildman–Crippen LogP) is 4.39. The normalized spacial score (nSPS) is 16.6. The Morgan fingerprint density at radius 3 is 2.46 bits per heavy atom. The van der Waals surface area contributed by atoms with Gasteiger partial charge in [-0.3, -0.25) is 0 Å². The van der Waals surface area contributed by atoms with E-state index < -0.39 is 10.0 Å². The Labute approximate surface area is 167 Å². The maximum absolute atomic E-state index is 12.7. The van der Waals surface area contributed by atoms with Crippen LogP contribution in [0, 0.1) is 5.92 Å². The zero-order valence-corrected chi connectivity index (χ0v) is 17.0. The van der Waals surface area contributed by atoms with Crippen LogP contribution in [0.2, 0.25) is 0 Å². The Kier molecular flexibility index (Phi) is 5.83. The summed E-state index contributed by atoms with van der Waals surface area (Å²) in [6, 6.07) is 18.5. The van der Waals surface area contributed by atoms with Crippen LogP contribution in [0.5, 0.6) is 0 Å². The van der Waals surface area contributed by atoms with Crippen LogP contribution >= 0.6 is 0 Å². The number of benzene rings is 2. The molecular weight excluding hydrogens is 368 g/mol. The molecule has 0 saturated carbocycles. The number of rotatable bonds is 7. The van der Waals surface area contributed by atoms with E-state index in [0.29, 0.717) is 25.4 Å². The lowest BCUT2D eigenvalue weighted by Gasteiger charge is -2.31. The molecule has 1 saturated heterocycles. The van der Waals surface area contributed by atoms with Crippen molar-refractivity contribution in [3.63, 3.8) is 0 Å². The van der Waals surface area contributed by atoms with Crippen LogP contribution in [0.15, 0.2) is 60.8 Å². The highest BCUT2D eigenvalue weighted by atomic mass is 32.2. The summed E-state index contributed by atoms with van der Waals surface area (Å²) in [5.74, 6) is 0.796. The summed E-state index contributed by atoms with van der Waals surface area (Å²) >= 11 is 0. The van der Waals surface area contributed by atoms with Gasteiger partial charge in [0.05, 0.1) is 5.75 Å². The predicted molar refractivity (Wildman–Crippen MR) is 115 cm³/mol. The Balaban J connectivity index is 1.28. The zero-order chi connectivity index (χ0) is 19.4. The molecule has 1 fully saturated rings. The molecule has 4 rings (SSSR count). The fraction of sp³-hybridized carbons (Fsp3) is 0.391. The van der Waals surface area contributed by atoms with Gasteiger partial charge >= 0.3 is 0 Å². The summed E-state index contributed by atoms with van der Waals surface area (Å²) in [5.41, 5.74) is 3.73. The van der Waals surface area contributed by atoms with Gasteiger partial charge in [-0.15, -0.1) is 0 Å². The van der Waals surface area contributed by atoms with Crippen molar-refractivity contribution >= 4 is 20.9 Å². The van der Waals surface area contributed by atoms with E-state index in [2.05, 4.69) is 41.5 Å². The van der Waals surface area contributed by atoms with E-state index in [-0.39, 0.29) is 5.75 Å². The Bertz CT molecular complexity index is 1000. The second kappa shape index (κ2) is 8.50. The summed E-state index contributed by atoms with van der Waals surface area (Å²) in [6.07, 6.45) is 6.51. The largest absolute Gasteiger partial charge is 0.361 e. The van der Waals surface area contributed by atoms with Crippen molar-refractivity contribution < 1.29 is 8.42 Å². The van der Waals surface area contributed by atoms with E-state index in [0.717, 1.165) is 25.7 Å². The van der Waals surface area contributed by atoms with Crippen molar-refractivity contribution in [1.82, 2.24) is 9.29 Å². The van der Waals surface area contributed by atoms with Gasteiger partial charge in [-0.2, -0.15) is 0 Å². The number of para-hydroxylation sites is 1. The van der Waals surface area contributed by atoms with Crippen molar-refractivity contribution in [3.8, 4) is 0 Å². The van der Waals surface area contributed by atoms with Crippen molar-refractivity contribution in [1.29, 1.82) is 0 Å². The standard InChI is InChI=1S/C23H28N2O2S/c26-28(27,16-6-9-19-7-2-1-3-8-19)25-14-12-20(13-15-25)17-21-18-24-23-11-5-4-10-22(21)23/h1-5,7-8,10-11,18,20,24H,6,9,12-17H2. The molecule has 148 valence electrons. The number of nitrogens with zero attached hydrogens (tertiary/aromatic N) is 1. The second-order valence-electron chi connectivity index (χ2n) is 7.81. The van der Waals surface area contributed by atoms with Gasteiger partial charge < -0.3 is 4.98 Å². The minimum atomic E-state index is -3.15. The van der Waals surface area contributed by atoms with Crippen LogP contribution in [0.3, 0.4) is 0 Å². The van der Waals surface area contributed by atoms with E-state index in [1.54, 1.807) is 4.31 Å². The number of H-pyrrole nitrogens is 1. The molecule has 0 aliphatic carbocycles. The van der Waals surface area contributed by atoms with Gasteiger partial charge in [-0.25, -0.2) is 12.7 Å². The summed E-state index contributed by atoms with van der Waals surface area (Å²) in [7, 11) is -3.15. The van der Waals surface area contributed by atoms with Crippen LogP contribution in [0.1, 0.15) is 30.4 Å². The maximum atomic E-state index is 12.7. The van der Waals surface area contributed by atoms with E-state index in [9.17, 15) is 8.42 Å². The first kappa shape index (κ1) is 19.2. The number of nitrogens with one attached hydrogen (secondary N) is 1. The molecule has 0 unspecified atom stereocenters. The quantitative estimate of drug-likeness (QED) is 0.644. The highest BCUT2D eigenvalue weighted by Crippen LogP contribution is 2.27. The number of aromatic nitrogens is 1. The first-order valence-corrected chi connectivity index (χ1v) is 11.8. The minimum absolute atomic E-state index is 0.245. The van der Waals surface area contributed by atoms with Crippen LogP contribution in [0.25, 0.3) is 10.9 Å². The van der Waals surface area contributed by atoms with Crippen molar-refractivity contribution in [2.24, 2.45) is 5.92 Å². The van der Waals surface area contributed by atoms with E-state index in [1.165, 1.54) is 22.0 Å². The molecule has 0 atom stereocenters. The van der Waals surface area contributed by atoms with E-state index in [1.807, 2.05) is 24.3 Å². The molecule has 2 aromatic carbocycles. The van der Waals surface area contributed by atoms with Gasteiger partial charge in [0.25, 0.3) is 0 Å². The average molecular weight is 397 g/mol. The van der Waals surface area contributed by atoms with Gasteiger partial charge in [0.1, 0.15) is 0 Å². The zero-order valence-electron chi connectivity index (χ0n) is 16.2. The first-order chi connectivity index (χ1) is 13.6. The van der Waals surface area contributed by atoms with Gasteiger partial charge in [0.2, 0.25) is 10.0 Å². The smallest absolute Gasteiger partial charge is 0.214 e. The molecular formula is C23H28N2O2S. The number of piperidine rings is 1. The average Bonchev–Trinajstić information content (AvgIpc) is 3.12. The highest BCUT2D eigenvalue weighted by Gasteiger charge is 2.28. The summed E-state index contributed by atoms with van der Waals surface area (Å²) in [6.45, 7) is 1.31. The summed E-state index contributed by atoms with van der Waals surface area (Å²) in [4.78, 5) is 3.34. The van der Waals surface area contributed by atoms with Crippen molar-refractivity contribution in [2.75, 3.05) is 18.8 Å². The Morgan fingerprint density at radius 2 is 1.68 bits per heavy atom. The molecule has 28 heavy (non-hydrogen) atoms. The molecule has 0 radical (unpaired) electrons. The van der Waals surface area contributed by atoms with Gasteiger partial charge in [-0.05, 0) is 55.2 Å². The molecule has 0 spiro atoms. The molecule has 1 aromatic heterocycles. The molecule has 5 heteroatoms. The lowest BCUT2D eigenvalue weighted by Crippen LogP contribution is -2.40. The van der Waals surface area contributed by atoms with Crippen molar-refractivity contribution in [3.05, 3.63) is 71.9 Å². The molecule has 1 N–H and O–H groups in total. The number of hydrogen-bond donors (Lipinski definition) is 1. The number of hydrogen-bond acceptors (Lipinski definition) is 2. The third kappa shape index (κ3) is 4.47. The fourth-order valence-electron chi connectivity index (χ4n) is 4.24. The van der Waals surface area contributed by atoms with Gasteiger partial charge in [0, 0.05) is 30.2 Å². The molecule has 3 aromatic rings. The van der Waals surface area contributed by atoms with Crippen LogP contribution in [0.4, 0.5) is 0 Å². The molecule has 2 heterocycles. The van der Waals surface area contributed by atoms with E-state index >= 15 is 0 Å². The molecule has 1 aliphatic rings. The van der Waals surface area contributed by atoms with Gasteiger partial charge in [-0.1, -0.05) is 48.5 Å². The number of aromatic amines is 1. The summed E-state index contributed by atoms with van der Waals surface area (Å²) in [5, 5.41) is 1.29. The van der Waals surface area contributed by atoms with Gasteiger partial charge in [0.15, 0.2) is 0 Å². The minimum Gasteiger partial charge on any atom is -0.361 e. The number of aryl methyl sites for hydroxylation is 1. The summed E-state index contributed by atoms with van der Waals surface area (Å²) < 4.78 is 27.1. The van der Waals surface area contributed by atoms with Crippen LogP contribution in [-0.4, -0.2) is 36.5 Å². The third-order valence-electron chi connectivity index (χ3n) is 5.86. The van der Waals surface area contributed by atoms with Crippen LogP contribution in [-0.2, 0) is 22.9 Å². The van der Waals surface area contributed by atoms with E-state index in [4.69, 9.17) is 0 Å². The number of fused-ring (bicyclic) bond motifs is 1. The van der Waals surface area contributed by atoms with Crippen molar-refractivity contribution in [2.45, 2.75) is 32.1 Å².